The highest BCUT2D eigenvalue weighted by Crippen LogP contribution is 2.27. The van der Waals surface area contributed by atoms with E-state index in [9.17, 15) is 13.2 Å². The van der Waals surface area contributed by atoms with Gasteiger partial charge in [-0.1, -0.05) is 12.1 Å². The molecule has 2 rings (SSSR count). The molecule has 1 amide bonds. The van der Waals surface area contributed by atoms with Gasteiger partial charge in [0.2, 0.25) is 0 Å². The van der Waals surface area contributed by atoms with Crippen LogP contribution >= 0.6 is 0 Å². The molecule has 6 nitrogen and oxygen atoms in total. The van der Waals surface area contributed by atoms with Gasteiger partial charge in [0.05, 0.1) is 5.75 Å². The van der Waals surface area contributed by atoms with E-state index in [0.29, 0.717) is 0 Å². The van der Waals surface area contributed by atoms with Gasteiger partial charge in [0, 0.05) is 6.04 Å². The molecule has 1 aliphatic heterocycles. The Morgan fingerprint density at radius 3 is 2.67 bits per heavy atom. The molecule has 0 aliphatic carbocycles. The number of primary amides is 1. The van der Waals surface area contributed by atoms with E-state index in [2.05, 4.69) is 10.1 Å². The quantitative estimate of drug-likeness (QED) is 0.826. The summed E-state index contributed by atoms with van der Waals surface area (Å²) in [5.41, 5.74) is 4.90. The van der Waals surface area contributed by atoms with Crippen LogP contribution < -0.4 is 15.8 Å². The Kier molecular flexibility index (Phi) is 3.53. The van der Waals surface area contributed by atoms with Crippen molar-refractivity contribution in [2.75, 3.05) is 6.54 Å². The van der Waals surface area contributed by atoms with Gasteiger partial charge in [-0.15, -0.1) is 0 Å². The van der Waals surface area contributed by atoms with E-state index in [1.165, 1.54) is 17.9 Å². The molecule has 7 heteroatoms. The summed E-state index contributed by atoms with van der Waals surface area (Å²) in [5.74, 6) is 1.17. The van der Waals surface area contributed by atoms with Gasteiger partial charge in [-0.3, -0.25) is 0 Å². The van der Waals surface area contributed by atoms with Crippen LogP contribution in [0.4, 0.5) is 4.79 Å². The number of sulfone groups is 1. The van der Waals surface area contributed by atoms with Crippen LogP contribution in [-0.2, 0) is 9.84 Å². The number of hydrogen-bond donors (Lipinski definition) is 2. The number of nitrogens with two attached hydrogens (primary N) is 1. The van der Waals surface area contributed by atoms with Gasteiger partial charge in [-0.05, 0) is 25.1 Å². The van der Waals surface area contributed by atoms with Crippen molar-refractivity contribution in [3.8, 4) is 5.75 Å². The van der Waals surface area contributed by atoms with Crippen molar-refractivity contribution in [1.29, 1.82) is 0 Å². The number of nitrogens with one attached hydrogen (secondary N) is 1. The molecule has 1 heterocycles. The first-order valence-electron chi connectivity index (χ1n) is 5.39. The second kappa shape index (κ2) is 4.95. The minimum atomic E-state index is -3.62. The van der Waals surface area contributed by atoms with Gasteiger partial charge in [-0.25, -0.2) is 13.2 Å². The second-order valence-corrected chi connectivity index (χ2v) is 5.70. The Bertz CT molecular complexity index is 552. The minimum Gasteiger partial charge on any atom is -0.409 e. The predicted molar refractivity (Wildman–Crippen MR) is 64.5 cm³/mol. The Balaban J connectivity index is 2.27. The van der Waals surface area contributed by atoms with Crippen molar-refractivity contribution < 1.29 is 17.9 Å². The SMILES string of the molecule is NC(=O)Oc1ccccc1S(=O)(=O)[CH]C1CCN1. The van der Waals surface area contributed by atoms with Crippen LogP contribution in [0.25, 0.3) is 0 Å². The Morgan fingerprint density at radius 2 is 2.11 bits per heavy atom. The standard InChI is InChI=1S/C11H13N2O4S/c12-11(14)17-9-3-1-2-4-10(9)18(15,16)7-8-5-6-13-8/h1-4,7-8,13H,5-6H2,(H2,12,14). The van der Waals surface area contributed by atoms with Crippen LogP contribution in [0.15, 0.2) is 29.2 Å². The maximum absolute atomic E-state index is 12.1. The predicted octanol–water partition coefficient (Wildman–Crippen LogP) is 0.441. The lowest BCUT2D eigenvalue weighted by molar-refractivity contribution is 0.209. The highest BCUT2D eigenvalue weighted by Gasteiger charge is 2.28. The lowest BCUT2D eigenvalue weighted by Crippen LogP contribution is -2.44. The van der Waals surface area contributed by atoms with E-state index in [-0.39, 0.29) is 16.7 Å². The summed E-state index contributed by atoms with van der Waals surface area (Å²) in [4.78, 5) is 10.7. The van der Waals surface area contributed by atoms with Crippen LogP contribution in [0.2, 0.25) is 0 Å². The Labute approximate surface area is 105 Å². The zero-order chi connectivity index (χ0) is 13.2. The van der Waals surface area contributed by atoms with Gasteiger partial charge in [0.25, 0.3) is 0 Å². The number of carbonyl (C=O) groups excluding carboxylic acids is 1. The number of rotatable bonds is 4. The third-order valence-corrected chi connectivity index (χ3v) is 4.21. The van der Waals surface area contributed by atoms with Gasteiger partial charge in [-0.2, -0.15) is 0 Å². The van der Waals surface area contributed by atoms with E-state index in [0.717, 1.165) is 13.0 Å². The van der Waals surface area contributed by atoms with Crippen LogP contribution in [0.3, 0.4) is 0 Å². The number of ether oxygens (including phenoxy) is 1. The van der Waals surface area contributed by atoms with Crippen LogP contribution in [0.5, 0.6) is 5.75 Å². The van der Waals surface area contributed by atoms with Crippen molar-refractivity contribution >= 4 is 15.9 Å². The lowest BCUT2D eigenvalue weighted by Gasteiger charge is -2.26. The number of benzene rings is 1. The van der Waals surface area contributed by atoms with Crippen LogP contribution in [-0.4, -0.2) is 27.1 Å². The first kappa shape index (κ1) is 12.8. The number of amides is 1. The summed E-state index contributed by atoms with van der Waals surface area (Å²) >= 11 is 0. The Morgan fingerprint density at radius 1 is 1.44 bits per heavy atom. The van der Waals surface area contributed by atoms with Crippen LogP contribution in [0, 0.1) is 5.75 Å². The molecule has 3 N–H and O–H groups in total. The van der Waals surface area contributed by atoms with Gasteiger partial charge >= 0.3 is 6.09 Å². The summed E-state index contributed by atoms with van der Waals surface area (Å²) in [6, 6.07) is 5.74. The van der Waals surface area contributed by atoms with E-state index in [1.54, 1.807) is 12.1 Å². The molecule has 0 saturated carbocycles. The molecule has 1 aromatic carbocycles. The Hall–Kier alpha value is -1.60. The second-order valence-electron chi connectivity index (χ2n) is 3.90. The normalized spacial score (nSPS) is 19.0. The molecule has 1 saturated heterocycles. The number of carbonyl (C=O) groups is 1. The average molecular weight is 269 g/mol. The zero-order valence-electron chi connectivity index (χ0n) is 9.50. The first-order valence-corrected chi connectivity index (χ1v) is 6.93. The molecule has 1 atom stereocenters. The third kappa shape index (κ3) is 2.80. The summed E-state index contributed by atoms with van der Waals surface area (Å²) < 4.78 is 28.9. The molecule has 1 radical (unpaired) electrons. The minimum absolute atomic E-state index is 0.0550. The molecular formula is C11H13N2O4S. The molecule has 0 spiro atoms. The lowest BCUT2D eigenvalue weighted by atomic mass is 10.1. The summed E-state index contributed by atoms with van der Waals surface area (Å²) in [7, 11) is -3.62. The van der Waals surface area contributed by atoms with Crippen molar-refractivity contribution in [3.05, 3.63) is 30.0 Å². The molecule has 1 fully saturated rings. The first-order chi connectivity index (χ1) is 8.49. The van der Waals surface area contributed by atoms with Crippen molar-refractivity contribution in [2.24, 2.45) is 5.73 Å². The smallest absolute Gasteiger partial charge is 0.409 e. The maximum atomic E-state index is 12.1. The fourth-order valence-corrected chi connectivity index (χ4v) is 3.06. The van der Waals surface area contributed by atoms with Gasteiger partial charge in [0.15, 0.2) is 15.6 Å². The average Bonchev–Trinajstić information content (AvgIpc) is 2.23. The summed E-state index contributed by atoms with van der Waals surface area (Å²) in [6.07, 6.45) is -0.266. The van der Waals surface area contributed by atoms with E-state index in [1.807, 2.05) is 0 Å². The molecule has 1 aromatic rings. The summed E-state index contributed by atoms with van der Waals surface area (Å²) in [6.45, 7) is 0.802. The number of hydrogen-bond acceptors (Lipinski definition) is 5. The highest BCUT2D eigenvalue weighted by molar-refractivity contribution is 7.93. The van der Waals surface area contributed by atoms with Crippen molar-refractivity contribution in [2.45, 2.75) is 17.4 Å². The fraction of sp³-hybridized carbons (Fsp3) is 0.273. The molecule has 0 aromatic heterocycles. The molecule has 97 valence electrons. The van der Waals surface area contributed by atoms with E-state index in [4.69, 9.17) is 5.73 Å². The van der Waals surface area contributed by atoms with Gasteiger partial charge < -0.3 is 15.8 Å². The fourth-order valence-electron chi connectivity index (χ4n) is 1.59. The van der Waals surface area contributed by atoms with E-state index < -0.39 is 15.9 Å². The van der Waals surface area contributed by atoms with Crippen LogP contribution in [0.1, 0.15) is 6.42 Å². The monoisotopic (exact) mass is 269 g/mol. The topological polar surface area (TPSA) is 98.5 Å². The summed E-state index contributed by atoms with van der Waals surface area (Å²) in [5, 5.41) is 2.96. The third-order valence-electron chi connectivity index (χ3n) is 2.57. The molecule has 1 aliphatic rings. The largest absolute Gasteiger partial charge is 0.410 e. The highest BCUT2D eigenvalue weighted by atomic mass is 32.2. The van der Waals surface area contributed by atoms with E-state index >= 15 is 0 Å². The molecule has 18 heavy (non-hydrogen) atoms. The molecular weight excluding hydrogens is 256 g/mol. The zero-order valence-corrected chi connectivity index (χ0v) is 10.3. The van der Waals surface area contributed by atoms with Crippen molar-refractivity contribution in [1.82, 2.24) is 5.32 Å². The number of para-hydroxylation sites is 1. The van der Waals surface area contributed by atoms with Gasteiger partial charge in [0.1, 0.15) is 4.90 Å². The maximum Gasteiger partial charge on any atom is 0.410 e. The molecule has 0 bridgehead atoms. The van der Waals surface area contributed by atoms with Crippen molar-refractivity contribution in [3.63, 3.8) is 0 Å². The molecule has 1 unspecified atom stereocenters.